The molecule has 2 N–H and O–H groups in total. The van der Waals surface area contributed by atoms with Gasteiger partial charge in [0.2, 0.25) is 11.8 Å². The maximum absolute atomic E-state index is 13.0. The molecule has 1 aromatic rings. The average Bonchev–Trinajstić information content (AvgIpc) is 2.58. The first kappa shape index (κ1) is 19.8. The van der Waals surface area contributed by atoms with Gasteiger partial charge in [0.25, 0.3) is 5.69 Å². The van der Waals surface area contributed by atoms with E-state index in [9.17, 15) is 24.5 Å². The molecule has 2 aliphatic rings. The Balaban J connectivity index is 2.25. The van der Waals surface area contributed by atoms with Crippen LogP contribution in [0.15, 0.2) is 18.2 Å². The van der Waals surface area contributed by atoms with Gasteiger partial charge in [-0.1, -0.05) is 27.7 Å². The highest BCUT2D eigenvalue weighted by molar-refractivity contribution is 6.20. The number of urea groups is 1. The summed E-state index contributed by atoms with van der Waals surface area (Å²) < 4.78 is 0. The zero-order chi connectivity index (χ0) is 20.8. The number of carbonyl (C=O) groups is 3. The van der Waals surface area contributed by atoms with Crippen LogP contribution in [-0.2, 0) is 16.0 Å². The fourth-order valence-corrected chi connectivity index (χ4v) is 4.46. The molecule has 1 fully saturated rings. The Hall–Kier alpha value is -2.97. The molecule has 0 radical (unpaired) electrons. The number of nitrogens with zero attached hydrogens (tertiary/aromatic N) is 2. The Bertz CT molecular complexity index is 844. The van der Waals surface area contributed by atoms with E-state index in [4.69, 9.17) is 0 Å². The maximum atomic E-state index is 13.0. The van der Waals surface area contributed by atoms with E-state index in [0.717, 1.165) is 5.69 Å². The largest absolute Gasteiger partial charge is 0.366 e. The number of benzene rings is 1. The van der Waals surface area contributed by atoms with E-state index in [1.165, 1.54) is 12.1 Å². The van der Waals surface area contributed by atoms with Crippen molar-refractivity contribution in [3.8, 4) is 0 Å². The number of fused-ring (bicyclic) bond motifs is 1. The summed E-state index contributed by atoms with van der Waals surface area (Å²) in [6, 6.07) is 3.19. The first-order valence-corrected chi connectivity index (χ1v) is 9.28. The van der Waals surface area contributed by atoms with Crippen LogP contribution in [0.1, 0.15) is 33.3 Å². The number of nitro benzene ring substituents is 1. The van der Waals surface area contributed by atoms with Gasteiger partial charge in [0.05, 0.1) is 11.0 Å². The molecule has 2 heterocycles. The van der Waals surface area contributed by atoms with Crippen molar-refractivity contribution < 1.29 is 19.3 Å². The van der Waals surface area contributed by atoms with Crippen molar-refractivity contribution in [1.82, 2.24) is 10.6 Å². The lowest BCUT2D eigenvalue weighted by Gasteiger charge is -2.52. The molecule has 150 valence electrons. The van der Waals surface area contributed by atoms with E-state index >= 15 is 0 Å². The maximum Gasteiger partial charge on any atom is 0.328 e. The lowest BCUT2D eigenvalue weighted by Crippen LogP contribution is -2.72. The van der Waals surface area contributed by atoms with Crippen LogP contribution in [0.5, 0.6) is 0 Å². The van der Waals surface area contributed by atoms with E-state index in [0.29, 0.717) is 12.1 Å². The molecule has 0 unspecified atom stereocenters. The van der Waals surface area contributed by atoms with Crippen LogP contribution in [0.25, 0.3) is 0 Å². The molecule has 0 bridgehead atoms. The zero-order valence-corrected chi connectivity index (χ0v) is 16.3. The second-order valence-corrected chi connectivity index (χ2v) is 8.19. The Labute approximate surface area is 162 Å². The van der Waals surface area contributed by atoms with E-state index in [1.54, 1.807) is 6.07 Å². The van der Waals surface area contributed by atoms with Gasteiger partial charge in [0.15, 0.2) is 5.41 Å². The van der Waals surface area contributed by atoms with Crippen molar-refractivity contribution in [2.45, 2.75) is 40.2 Å². The van der Waals surface area contributed by atoms with E-state index < -0.39 is 34.2 Å². The van der Waals surface area contributed by atoms with Crippen LogP contribution in [0.3, 0.4) is 0 Å². The molecule has 1 saturated heterocycles. The standard InChI is InChI=1S/C19H24N4O5/c1-10(2)9-22-14-6-5-13(23(27)28)7-12(14)8-19(15(22)11(3)4)16(24)20-18(26)21-17(19)25/h5-7,10-11,15H,8-9H2,1-4H3,(H2,20,21,24,25,26)/t15-/m0/s1. The fraction of sp³-hybridized carbons (Fsp3) is 0.526. The van der Waals surface area contributed by atoms with Crippen LogP contribution < -0.4 is 15.5 Å². The lowest BCUT2D eigenvalue weighted by molar-refractivity contribution is -0.384. The molecular weight excluding hydrogens is 364 g/mol. The minimum Gasteiger partial charge on any atom is -0.366 e. The van der Waals surface area contributed by atoms with Gasteiger partial charge in [0.1, 0.15) is 0 Å². The minimum atomic E-state index is -1.54. The molecule has 1 aromatic carbocycles. The van der Waals surface area contributed by atoms with Gasteiger partial charge in [-0.2, -0.15) is 0 Å². The summed E-state index contributed by atoms with van der Waals surface area (Å²) in [6.45, 7) is 8.45. The monoisotopic (exact) mass is 388 g/mol. The number of carbonyl (C=O) groups excluding carboxylic acids is 3. The Morgan fingerprint density at radius 2 is 1.79 bits per heavy atom. The third-order valence-corrected chi connectivity index (χ3v) is 5.35. The molecule has 9 heteroatoms. The molecule has 9 nitrogen and oxygen atoms in total. The van der Waals surface area contributed by atoms with Gasteiger partial charge in [-0.3, -0.25) is 30.3 Å². The number of barbiturate groups is 1. The normalized spacial score (nSPS) is 21.0. The average molecular weight is 388 g/mol. The second kappa shape index (κ2) is 6.88. The van der Waals surface area contributed by atoms with Gasteiger partial charge in [-0.05, 0) is 23.5 Å². The third kappa shape index (κ3) is 3.00. The summed E-state index contributed by atoms with van der Waals surface area (Å²) in [7, 11) is 0. The van der Waals surface area contributed by atoms with Crippen molar-refractivity contribution in [1.29, 1.82) is 0 Å². The molecule has 3 rings (SSSR count). The van der Waals surface area contributed by atoms with Crippen LogP contribution in [0, 0.1) is 27.4 Å². The predicted molar refractivity (Wildman–Crippen MR) is 102 cm³/mol. The number of amides is 4. The molecule has 1 spiro atoms. The summed E-state index contributed by atoms with van der Waals surface area (Å²) in [6.07, 6.45) is -0.00754. The molecule has 0 aliphatic carbocycles. The van der Waals surface area contributed by atoms with E-state index in [1.807, 2.05) is 32.6 Å². The van der Waals surface area contributed by atoms with E-state index in [2.05, 4.69) is 10.6 Å². The van der Waals surface area contributed by atoms with Gasteiger partial charge in [-0.25, -0.2) is 4.79 Å². The molecule has 0 saturated carbocycles. The van der Waals surface area contributed by atoms with Crippen LogP contribution in [-0.4, -0.2) is 35.4 Å². The summed E-state index contributed by atoms with van der Waals surface area (Å²) >= 11 is 0. The first-order chi connectivity index (χ1) is 13.1. The summed E-state index contributed by atoms with van der Waals surface area (Å²) in [4.78, 5) is 50.4. The Kier molecular flexibility index (Phi) is 4.86. The van der Waals surface area contributed by atoms with Gasteiger partial charge in [0, 0.05) is 30.8 Å². The van der Waals surface area contributed by atoms with Crippen molar-refractivity contribution in [2.75, 3.05) is 11.4 Å². The zero-order valence-electron chi connectivity index (χ0n) is 16.3. The van der Waals surface area contributed by atoms with Crippen LogP contribution in [0.2, 0.25) is 0 Å². The van der Waals surface area contributed by atoms with Crippen molar-refractivity contribution in [2.24, 2.45) is 17.3 Å². The Morgan fingerprint density at radius 1 is 1.18 bits per heavy atom. The van der Waals surface area contributed by atoms with Gasteiger partial charge >= 0.3 is 6.03 Å². The minimum absolute atomic E-state index is 0.00754. The van der Waals surface area contributed by atoms with Crippen LogP contribution in [0.4, 0.5) is 16.2 Å². The topological polar surface area (TPSA) is 122 Å². The van der Waals surface area contributed by atoms with Crippen LogP contribution >= 0.6 is 0 Å². The smallest absolute Gasteiger partial charge is 0.328 e. The fourth-order valence-electron chi connectivity index (χ4n) is 4.46. The highest BCUT2D eigenvalue weighted by atomic mass is 16.6. The number of hydrogen-bond donors (Lipinski definition) is 2. The number of imide groups is 2. The quantitative estimate of drug-likeness (QED) is 0.462. The summed E-state index contributed by atoms with van der Waals surface area (Å²) in [5.41, 5.74) is -0.319. The first-order valence-electron chi connectivity index (χ1n) is 9.28. The van der Waals surface area contributed by atoms with Crippen molar-refractivity contribution >= 4 is 29.2 Å². The number of rotatable bonds is 4. The number of nitro groups is 1. The molecule has 2 aliphatic heterocycles. The molecule has 28 heavy (non-hydrogen) atoms. The second-order valence-electron chi connectivity index (χ2n) is 8.19. The molecule has 1 atom stereocenters. The predicted octanol–water partition coefficient (Wildman–Crippen LogP) is 1.99. The number of non-ortho nitro benzene ring substituents is 1. The highest BCUT2D eigenvalue weighted by Gasteiger charge is 2.60. The van der Waals surface area contributed by atoms with E-state index in [-0.39, 0.29) is 23.9 Å². The highest BCUT2D eigenvalue weighted by Crippen LogP contribution is 2.46. The third-order valence-electron chi connectivity index (χ3n) is 5.35. The lowest BCUT2D eigenvalue weighted by atomic mass is 9.65. The number of nitrogens with one attached hydrogen (secondary N) is 2. The number of anilines is 1. The Morgan fingerprint density at radius 3 is 2.29 bits per heavy atom. The van der Waals surface area contributed by atoms with Crippen molar-refractivity contribution in [3.63, 3.8) is 0 Å². The van der Waals surface area contributed by atoms with Crippen molar-refractivity contribution in [3.05, 3.63) is 33.9 Å². The molecule has 4 amide bonds. The van der Waals surface area contributed by atoms with Gasteiger partial charge in [-0.15, -0.1) is 0 Å². The summed E-state index contributed by atoms with van der Waals surface area (Å²) in [5.74, 6) is -1.20. The SMILES string of the molecule is CC(C)CN1c2ccc([N+](=O)[O-])cc2CC2(C(=O)NC(=O)NC2=O)[C@@H]1C(C)C. The molecular formula is C19H24N4O5. The molecule has 0 aromatic heterocycles. The van der Waals surface area contributed by atoms with Gasteiger partial charge < -0.3 is 4.90 Å². The number of hydrogen-bond acceptors (Lipinski definition) is 6. The summed E-state index contributed by atoms with van der Waals surface area (Å²) in [5, 5.41) is 15.7.